The molecule has 0 bridgehead atoms. The van der Waals surface area contributed by atoms with Gasteiger partial charge in [0.15, 0.2) is 0 Å². The molecule has 1 nitrogen and oxygen atoms in total. The second kappa shape index (κ2) is 3.19. The predicted molar refractivity (Wildman–Crippen MR) is 42.0 cm³/mol. The number of benzene rings is 1. The summed E-state index contributed by atoms with van der Waals surface area (Å²) >= 11 is 0. The molecule has 0 saturated heterocycles. The van der Waals surface area contributed by atoms with Crippen LogP contribution in [0.5, 0.6) is 0 Å². The topological polar surface area (TPSA) is 20.2 Å². The molecule has 12 heavy (non-hydrogen) atoms. The Morgan fingerprint density at radius 2 is 1.75 bits per heavy atom. The number of alkyl halides is 2. The SMILES string of the molecule is CC(O)C(F)(F)c1ccccc1. The van der Waals surface area contributed by atoms with Crippen molar-refractivity contribution in [3.63, 3.8) is 0 Å². The van der Waals surface area contributed by atoms with E-state index in [1.54, 1.807) is 6.07 Å². The Morgan fingerprint density at radius 1 is 1.25 bits per heavy atom. The molecule has 1 aromatic carbocycles. The second-order valence-electron chi connectivity index (χ2n) is 2.66. The van der Waals surface area contributed by atoms with Gasteiger partial charge >= 0.3 is 0 Å². The fourth-order valence-electron chi connectivity index (χ4n) is 0.902. The van der Waals surface area contributed by atoms with Crippen LogP contribution in [0.4, 0.5) is 8.78 Å². The molecule has 3 heteroatoms. The Bertz CT molecular complexity index is 244. The molecular weight excluding hydrogens is 162 g/mol. The van der Waals surface area contributed by atoms with Crippen LogP contribution in [0.25, 0.3) is 0 Å². The first kappa shape index (κ1) is 9.13. The van der Waals surface area contributed by atoms with Crippen LogP contribution < -0.4 is 0 Å². The van der Waals surface area contributed by atoms with Crippen molar-refractivity contribution in [2.75, 3.05) is 0 Å². The second-order valence-corrected chi connectivity index (χ2v) is 2.66. The molecule has 1 aromatic rings. The molecule has 0 fully saturated rings. The molecule has 0 spiro atoms. The highest BCUT2D eigenvalue weighted by Crippen LogP contribution is 2.30. The van der Waals surface area contributed by atoms with Gasteiger partial charge in [-0.2, -0.15) is 8.78 Å². The third-order valence-corrected chi connectivity index (χ3v) is 1.68. The highest BCUT2D eigenvalue weighted by molar-refractivity contribution is 5.20. The zero-order chi connectivity index (χ0) is 9.19. The summed E-state index contributed by atoms with van der Waals surface area (Å²) in [6, 6.07) is 7.29. The molecule has 0 aliphatic heterocycles. The van der Waals surface area contributed by atoms with E-state index in [2.05, 4.69) is 0 Å². The summed E-state index contributed by atoms with van der Waals surface area (Å²) in [7, 11) is 0. The molecule has 1 N–H and O–H groups in total. The molecular formula is C9H10F2O. The van der Waals surface area contributed by atoms with Gasteiger partial charge in [-0.1, -0.05) is 30.3 Å². The number of hydrogen-bond acceptors (Lipinski definition) is 1. The number of halogens is 2. The van der Waals surface area contributed by atoms with Gasteiger partial charge < -0.3 is 5.11 Å². The van der Waals surface area contributed by atoms with Crippen LogP contribution in [0.2, 0.25) is 0 Å². The van der Waals surface area contributed by atoms with Gasteiger partial charge in [-0.3, -0.25) is 0 Å². The Balaban J connectivity index is 2.98. The summed E-state index contributed by atoms with van der Waals surface area (Å²) in [6.07, 6.45) is -1.65. The van der Waals surface area contributed by atoms with E-state index < -0.39 is 12.0 Å². The largest absolute Gasteiger partial charge is 0.387 e. The predicted octanol–water partition coefficient (Wildman–Crippen LogP) is 2.16. The van der Waals surface area contributed by atoms with Crippen molar-refractivity contribution >= 4 is 0 Å². The molecule has 0 heterocycles. The van der Waals surface area contributed by atoms with E-state index in [0.29, 0.717) is 0 Å². The molecule has 0 saturated carbocycles. The highest BCUT2D eigenvalue weighted by Gasteiger charge is 2.36. The number of aliphatic hydroxyl groups is 1. The third kappa shape index (κ3) is 1.61. The van der Waals surface area contributed by atoms with E-state index in [4.69, 9.17) is 5.11 Å². The van der Waals surface area contributed by atoms with Crippen LogP contribution in [0.1, 0.15) is 12.5 Å². The Labute approximate surface area is 69.7 Å². The summed E-state index contributed by atoms with van der Waals surface area (Å²) in [5.41, 5.74) is -0.153. The summed E-state index contributed by atoms with van der Waals surface area (Å²) in [5.74, 6) is -3.15. The minimum absolute atomic E-state index is 0.153. The van der Waals surface area contributed by atoms with Crippen LogP contribution >= 0.6 is 0 Å². The average Bonchev–Trinajstić information content (AvgIpc) is 2.06. The monoisotopic (exact) mass is 172 g/mol. The van der Waals surface area contributed by atoms with Gasteiger partial charge in [0.2, 0.25) is 0 Å². The molecule has 0 aliphatic carbocycles. The number of rotatable bonds is 2. The van der Waals surface area contributed by atoms with Gasteiger partial charge in [0.25, 0.3) is 5.92 Å². The standard InChI is InChI=1S/C9H10F2O/c1-7(12)9(10,11)8-5-3-2-4-6-8/h2-7,12H,1H3. The van der Waals surface area contributed by atoms with Crippen molar-refractivity contribution in [2.45, 2.75) is 19.0 Å². The minimum atomic E-state index is -3.15. The molecule has 1 atom stereocenters. The molecule has 0 amide bonds. The van der Waals surface area contributed by atoms with Gasteiger partial charge in [-0.25, -0.2) is 0 Å². The molecule has 66 valence electrons. The lowest BCUT2D eigenvalue weighted by Crippen LogP contribution is -2.27. The first-order valence-electron chi connectivity index (χ1n) is 3.66. The quantitative estimate of drug-likeness (QED) is 0.724. The number of hydrogen-bond donors (Lipinski definition) is 1. The van der Waals surface area contributed by atoms with Crippen molar-refractivity contribution in [3.05, 3.63) is 35.9 Å². The van der Waals surface area contributed by atoms with E-state index in [9.17, 15) is 8.78 Å². The Morgan fingerprint density at radius 3 is 2.17 bits per heavy atom. The molecule has 0 radical (unpaired) electrons. The van der Waals surface area contributed by atoms with Crippen LogP contribution in [-0.4, -0.2) is 11.2 Å². The Hall–Kier alpha value is -0.960. The van der Waals surface area contributed by atoms with Gasteiger partial charge in [0.05, 0.1) is 0 Å². The van der Waals surface area contributed by atoms with Crippen LogP contribution in [0.15, 0.2) is 30.3 Å². The van der Waals surface area contributed by atoms with Crippen molar-refractivity contribution < 1.29 is 13.9 Å². The van der Waals surface area contributed by atoms with E-state index in [1.807, 2.05) is 0 Å². The maximum atomic E-state index is 13.0. The molecule has 1 unspecified atom stereocenters. The summed E-state index contributed by atoms with van der Waals surface area (Å²) in [4.78, 5) is 0. The van der Waals surface area contributed by atoms with Crippen molar-refractivity contribution in [1.82, 2.24) is 0 Å². The van der Waals surface area contributed by atoms with Gasteiger partial charge in [-0.05, 0) is 6.92 Å². The van der Waals surface area contributed by atoms with Gasteiger partial charge in [0.1, 0.15) is 6.10 Å². The lowest BCUT2D eigenvalue weighted by atomic mass is 10.0. The van der Waals surface area contributed by atoms with Crippen LogP contribution in [0.3, 0.4) is 0 Å². The first-order chi connectivity index (χ1) is 5.55. The van der Waals surface area contributed by atoms with Gasteiger partial charge in [0, 0.05) is 5.56 Å². The fraction of sp³-hybridized carbons (Fsp3) is 0.333. The highest BCUT2D eigenvalue weighted by atomic mass is 19.3. The smallest absolute Gasteiger partial charge is 0.298 e. The van der Waals surface area contributed by atoms with E-state index in [-0.39, 0.29) is 5.56 Å². The lowest BCUT2D eigenvalue weighted by Gasteiger charge is -2.19. The minimum Gasteiger partial charge on any atom is -0.387 e. The first-order valence-corrected chi connectivity index (χ1v) is 3.66. The third-order valence-electron chi connectivity index (χ3n) is 1.68. The van der Waals surface area contributed by atoms with Gasteiger partial charge in [-0.15, -0.1) is 0 Å². The van der Waals surface area contributed by atoms with Crippen molar-refractivity contribution in [1.29, 1.82) is 0 Å². The van der Waals surface area contributed by atoms with Crippen molar-refractivity contribution in [3.8, 4) is 0 Å². The summed E-state index contributed by atoms with van der Waals surface area (Å²) in [5, 5.41) is 8.78. The normalized spacial score (nSPS) is 14.3. The van der Waals surface area contributed by atoms with Crippen LogP contribution in [-0.2, 0) is 5.92 Å². The van der Waals surface area contributed by atoms with Crippen LogP contribution in [0, 0.1) is 0 Å². The lowest BCUT2D eigenvalue weighted by molar-refractivity contribution is -0.106. The zero-order valence-electron chi connectivity index (χ0n) is 6.67. The molecule has 1 rings (SSSR count). The maximum absolute atomic E-state index is 13.0. The van der Waals surface area contributed by atoms with Crippen molar-refractivity contribution in [2.24, 2.45) is 0 Å². The summed E-state index contributed by atoms with van der Waals surface area (Å²) < 4.78 is 26.1. The summed E-state index contributed by atoms with van der Waals surface area (Å²) in [6.45, 7) is 1.08. The number of aliphatic hydroxyl groups excluding tert-OH is 1. The maximum Gasteiger partial charge on any atom is 0.298 e. The Kier molecular flexibility index (Phi) is 2.43. The fourth-order valence-corrected chi connectivity index (χ4v) is 0.902. The van der Waals surface area contributed by atoms with E-state index >= 15 is 0 Å². The van der Waals surface area contributed by atoms with E-state index in [0.717, 1.165) is 6.92 Å². The molecule has 0 aliphatic rings. The average molecular weight is 172 g/mol. The zero-order valence-corrected chi connectivity index (χ0v) is 6.67. The molecule has 0 aromatic heterocycles. The van der Waals surface area contributed by atoms with E-state index in [1.165, 1.54) is 24.3 Å².